The third-order valence-electron chi connectivity index (χ3n) is 2.88. The highest BCUT2D eigenvalue weighted by Gasteiger charge is 2.13. The first-order chi connectivity index (χ1) is 9.97. The standard InChI is InChI=1S/C14H20F2N2O3/c1-17-7-6-13(19)18(2)9-10-4-5-11(20-3)12(8-10)21-14(15)16/h4-5,8,14,17H,6-7,9H2,1-3H3. The number of carbonyl (C=O) groups is 1. The van der Waals surface area contributed by atoms with Crippen molar-refractivity contribution < 1.29 is 23.0 Å². The lowest BCUT2D eigenvalue weighted by atomic mass is 10.2. The molecule has 1 amide bonds. The van der Waals surface area contributed by atoms with Crippen molar-refractivity contribution in [1.29, 1.82) is 0 Å². The number of rotatable bonds is 8. The molecule has 1 N–H and O–H groups in total. The van der Waals surface area contributed by atoms with Crippen molar-refractivity contribution in [2.24, 2.45) is 0 Å². The second-order valence-corrected chi connectivity index (χ2v) is 4.47. The van der Waals surface area contributed by atoms with Crippen molar-refractivity contribution in [3.63, 3.8) is 0 Å². The zero-order valence-corrected chi connectivity index (χ0v) is 12.4. The van der Waals surface area contributed by atoms with Crippen LogP contribution in [0.1, 0.15) is 12.0 Å². The Morgan fingerprint density at radius 3 is 2.67 bits per heavy atom. The van der Waals surface area contributed by atoms with Gasteiger partial charge in [0, 0.05) is 26.6 Å². The molecule has 0 spiro atoms. The molecule has 0 aromatic heterocycles. The highest BCUT2D eigenvalue weighted by atomic mass is 19.3. The maximum atomic E-state index is 12.3. The van der Waals surface area contributed by atoms with Crippen LogP contribution in [0.2, 0.25) is 0 Å². The molecule has 0 aliphatic heterocycles. The molecule has 0 saturated carbocycles. The van der Waals surface area contributed by atoms with Gasteiger partial charge >= 0.3 is 6.61 Å². The van der Waals surface area contributed by atoms with E-state index in [-0.39, 0.29) is 17.4 Å². The summed E-state index contributed by atoms with van der Waals surface area (Å²) in [5.74, 6) is 0.154. The van der Waals surface area contributed by atoms with E-state index < -0.39 is 6.61 Å². The van der Waals surface area contributed by atoms with E-state index in [1.54, 1.807) is 26.2 Å². The first kappa shape index (κ1) is 17.2. The van der Waals surface area contributed by atoms with Gasteiger partial charge in [-0.05, 0) is 24.7 Å². The van der Waals surface area contributed by atoms with Crippen molar-refractivity contribution in [1.82, 2.24) is 10.2 Å². The van der Waals surface area contributed by atoms with Crippen LogP contribution in [0.15, 0.2) is 18.2 Å². The molecule has 1 aromatic carbocycles. The van der Waals surface area contributed by atoms with Crippen LogP contribution in [0.5, 0.6) is 11.5 Å². The van der Waals surface area contributed by atoms with Crippen LogP contribution in [-0.2, 0) is 11.3 Å². The normalized spacial score (nSPS) is 10.6. The number of hydrogen-bond acceptors (Lipinski definition) is 4. The van der Waals surface area contributed by atoms with Crippen LogP contribution >= 0.6 is 0 Å². The van der Waals surface area contributed by atoms with E-state index in [1.165, 1.54) is 18.1 Å². The second kappa shape index (κ2) is 8.41. The Hall–Kier alpha value is -1.89. The molecule has 0 heterocycles. The Morgan fingerprint density at radius 1 is 1.38 bits per heavy atom. The minimum absolute atomic E-state index is 0.0310. The third-order valence-corrected chi connectivity index (χ3v) is 2.88. The molecule has 7 heteroatoms. The number of halogens is 2. The summed E-state index contributed by atoms with van der Waals surface area (Å²) in [6, 6.07) is 4.70. The highest BCUT2D eigenvalue weighted by molar-refractivity contribution is 5.76. The fraction of sp³-hybridized carbons (Fsp3) is 0.500. The highest BCUT2D eigenvalue weighted by Crippen LogP contribution is 2.29. The van der Waals surface area contributed by atoms with Gasteiger partial charge in [0.2, 0.25) is 5.91 Å². The zero-order valence-electron chi connectivity index (χ0n) is 12.4. The van der Waals surface area contributed by atoms with Gasteiger partial charge in [0.15, 0.2) is 11.5 Å². The van der Waals surface area contributed by atoms with Crippen LogP contribution in [0.3, 0.4) is 0 Å². The summed E-state index contributed by atoms with van der Waals surface area (Å²) in [5.41, 5.74) is 0.687. The van der Waals surface area contributed by atoms with Gasteiger partial charge in [-0.1, -0.05) is 6.07 Å². The van der Waals surface area contributed by atoms with Gasteiger partial charge in [0.05, 0.1) is 7.11 Å². The van der Waals surface area contributed by atoms with Crippen LogP contribution < -0.4 is 14.8 Å². The molecule has 0 bridgehead atoms. The van der Waals surface area contributed by atoms with Crippen LogP contribution in [0.4, 0.5) is 8.78 Å². The summed E-state index contributed by atoms with van der Waals surface area (Å²) in [7, 11) is 4.81. The number of ether oxygens (including phenoxy) is 2. The van der Waals surface area contributed by atoms with Gasteiger partial charge in [0.1, 0.15) is 0 Å². The minimum atomic E-state index is -2.93. The van der Waals surface area contributed by atoms with E-state index >= 15 is 0 Å². The average Bonchev–Trinajstić information content (AvgIpc) is 2.44. The van der Waals surface area contributed by atoms with E-state index in [4.69, 9.17) is 4.74 Å². The quantitative estimate of drug-likeness (QED) is 0.796. The molecular formula is C14H20F2N2O3. The van der Waals surface area contributed by atoms with Crippen molar-refractivity contribution in [3.05, 3.63) is 23.8 Å². The van der Waals surface area contributed by atoms with Gasteiger partial charge in [-0.2, -0.15) is 8.78 Å². The van der Waals surface area contributed by atoms with Crippen molar-refractivity contribution >= 4 is 5.91 Å². The third kappa shape index (κ3) is 5.55. The lowest BCUT2D eigenvalue weighted by Crippen LogP contribution is -2.28. The number of hydrogen-bond donors (Lipinski definition) is 1. The largest absolute Gasteiger partial charge is 0.493 e. The number of amides is 1. The van der Waals surface area contributed by atoms with E-state index in [0.717, 1.165) is 0 Å². The molecular weight excluding hydrogens is 282 g/mol. The molecule has 1 aromatic rings. The van der Waals surface area contributed by atoms with Crippen molar-refractivity contribution in [2.45, 2.75) is 19.6 Å². The summed E-state index contributed by atoms with van der Waals surface area (Å²) < 4.78 is 34.1. The molecule has 5 nitrogen and oxygen atoms in total. The number of carbonyl (C=O) groups excluding carboxylic acids is 1. The van der Waals surface area contributed by atoms with Gasteiger partial charge in [0.25, 0.3) is 0 Å². The molecule has 0 fully saturated rings. The number of methoxy groups -OCH3 is 1. The monoisotopic (exact) mass is 302 g/mol. The molecule has 0 saturated heterocycles. The summed E-state index contributed by atoms with van der Waals surface area (Å²) in [4.78, 5) is 13.3. The Kier molecular flexibility index (Phi) is 6.87. The first-order valence-electron chi connectivity index (χ1n) is 6.48. The van der Waals surface area contributed by atoms with Crippen molar-refractivity contribution in [2.75, 3.05) is 27.7 Å². The summed E-state index contributed by atoms with van der Waals surface area (Å²) in [6.07, 6.45) is 0.379. The Labute approximate surface area is 122 Å². The van der Waals surface area contributed by atoms with Crippen LogP contribution in [0, 0.1) is 0 Å². The topological polar surface area (TPSA) is 50.8 Å². The van der Waals surface area contributed by atoms with E-state index in [1.807, 2.05) is 0 Å². The van der Waals surface area contributed by atoms with Gasteiger partial charge in [-0.15, -0.1) is 0 Å². The lowest BCUT2D eigenvalue weighted by molar-refractivity contribution is -0.130. The SMILES string of the molecule is CNCCC(=O)N(C)Cc1ccc(OC)c(OC(F)F)c1. The van der Waals surface area contributed by atoms with Gasteiger partial charge < -0.3 is 19.7 Å². The molecule has 0 aliphatic carbocycles. The lowest BCUT2D eigenvalue weighted by Gasteiger charge is -2.18. The molecule has 1 rings (SSSR count). The summed E-state index contributed by atoms with van der Waals surface area (Å²) >= 11 is 0. The molecule has 0 unspecified atom stereocenters. The zero-order chi connectivity index (χ0) is 15.8. The smallest absolute Gasteiger partial charge is 0.387 e. The molecule has 0 aliphatic rings. The Bertz CT molecular complexity index is 470. The molecule has 21 heavy (non-hydrogen) atoms. The van der Waals surface area contributed by atoms with E-state index in [2.05, 4.69) is 10.1 Å². The first-order valence-corrected chi connectivity index (χ1v) is 6.48. The average molecular weight is 302 g/mol. The summed E-state index contributed by atoms with van der Waals surface area (Å²) in [6.45, 7) is -2.03. The van der Waals surface area contributed by atoms with E-state index in [9.17, 15) is 13.6 Å². The fourth-order valence-corrected chi connectivity index (χ4v) is 1.79. The van der Waals surface area contributed by atoms with Gasteiger partial charge in [-0.3, -0.25) is 4.79 Å². The van der Waals surface area contributed by atoms with Crippen LogP contribution in [0.25, 0.3) is 0 Å². The van der Waals surface area contributed by atoms with Crippen LogP contribution in [-0.4, -0.2) is 45.2 Å². The second-order valence-electron chi connectivity index (χ2n) is 4.47. The van der Waals surface area contributed by atoms with Crippen molar-refractivity contribution in [3.8, 4) is 11.5 Å². The number of alkyl halides is 2. The molecule has 118 valence electrons. The molecule has 0 radical (unpaired) electrons. The van der Waals surface area contributed by atoms with Gasteiger partial charge in [-0.25, -0.2) is 0 Å². The Balaban J connectivity index is 2.77. The maximum Gasteiger partial charge on any atom is 0.387 e. The maximum absolute atomic E-state index is 12.3. The summed E-state index contributed by atoms with van der Waals surface area (Å²) in [5, 5.41) is 2.90. The predicted octanol–water partition coefficient (Wildman–Crippen LogP) is 1.86. The number of benzene rings is 1. The molecule has 0 atom stereocenters. The fourth-order valence-electron chi connectivity index (χ4n) is 1.79. The van der Waals surface area contributed by atoms with E-state index in [0.29, 0.717) is 25.1 Å². The minimum Gasteiger partial charge on any atom is -0.493 e. The predicted molar refractivity (Wildman–Crippen MR) is 74.6 cm³/mol. The Morgan fingerprint density at radius 2 is 2.10 bits per heavy atom. The number of nitrogens with one attached hydrogen (secondary N) is 1. The number of nitrogens with zero attached hydrogens (tertiary/aromatic N) is 1.